The first-order valence-corrected chi connectivity index (χ1v) is 13.0. The maximum Gasteiger partial charge on any atom is 0.243 e. The van der Waals surface area contributed by atoms with Crippen LogP contribution in [0.15, 0.2) is 72.8 Å². The van der Waals surface area contributed by atoms with E-state index < -0.39 is 6.04 Å². The number of carbonyl (C=O) groups is 2. The highest BCUT2D eigenvalue weighted by atomic mass is 16.7. The Kier molecular flexibility index (Phi) is 8.83. The molecule has 0 unspecified atom stereocenters. The van der Waals surface area contributed by atoms with Crippen molar-refractivity contribution in [3.8, 4) is 11.5 Å². The smallest absolute Gasteiger partial charge is 0.243 e. The molecule has 1 N–H and O–H groups in total. The molecule has 0 spiro atoms. The van der Waals surface area contributed by atoms with Gasteiger partial charge in [0, 0.05) is 25.4 Å². The van der Waals surface area contributed by atoms with E-state index in [1.807, 2.05) is 87.5 Å². The first-order valence-electron chi connectivity index (χ1n) is 13.0. The third-order valence-electron chi connectivity index (χ3n) is 6.77. The summed E-state index contributed by atoms with van der Waals surface area (Å²) in [6.07, 6.45) is 2.10. The lowest BCUT2D eigenvalue weighted by Gasteiger charge is -2.32. The van der Waals surface area contributed by atoms with E-state index in [-0.39, 0.29) is 31.1 Å². The van der Waals surface area contributed by atoms with E-state index in [0.29, 0.717) is 25.1 Å². The topological polar surface area (TPSA) is 67.9 Å². The maximum absolute atomic E-state index is 13.8. The van der Waals surface area contributed by atoms with Crippen LogP contribution in [0.4, 0.5) is 0 Å². The van der Waals surface area contributed by atoms with Gasteiger partial charge in [0.05, 0.1) is 0 Å². The van der Waals surface area contributed by atoms with Crippen molar-refractivity contribution in [2.24, 2.45) is 0 Å². The predicted molar refractivity (Wildman–Crippen MR) is 144 cm³/mol. The summed E-state index contributed by atoms with van der Waals surface area (Å²) in [7, 11) is 0. The Morgan fingerprint density at radius 3 is 2.43 bits per heavy atom. The van der Waals surface area contributed by atoms with Gasteiger partial charge in [-0.25, -0.2) is 0 Å². The Bertz CT molecular complexity index is 1210. The molecule has 0 aromatic heterocycles. The quantitative estimate of drug-likeness (QED) is 0.392. The molecular weight excluding hydrogens is 464 g/mol. The summed E-state index contributed by atoms with van der Waals surface area (Å²) in [6, 6.07) is 23.2. The van der Waals surface area contributed by atoms with Gasteiger partial charge in [0.2, 0.25) is 18.6 Å². The van der Waals surface area contributed by atoms with Gasteiger partial charge >= 0.3 is 0 Å². The van der Waals surface area contributed by atoms with Gasteiger partial charge in [0.15, 0.2) is 11.5 Å². The third-order valence-corrected chi connectivity index (χ3v) is 6.77. The van der Waals surface area contributed by atoms with Crippen molar-refractivity contribution in [1.29, 1.82) is 0 Å². The van der Waals surface area contributed by atoms with Gasteiger partial charge < -0.3 is 19.7 Å². The molecule has 1 aliphatic rings. The second-order valence-electron chi connectivity index (χ2n) is 9.72. The molecule has 37 heavy (non-hydrogen) atoms. The van der Waals surface area contributed by atoms with E-state index in [2.05, 4.69) is 11.4 Å². The summed E-state index contributed by atoms with van der Waals surface area (Å²) in [5, 5.41) is 3.12. The zero-order valence-corrected chi connectivity index (χ0v) is 21.9. The molecule has 0 bridgehead atoms. The second kappa shape index (κ2) is 12.4. The van der Waals surface area contributed by atoms with Crippen molar-refractivity contribution in [3.05, 3.63) is 95.1 Å². The normalized spacial score (nSPS) is 13.6. The van der Waals surface area contributed by atoms with Crippen LogP contribution in [-0.2, 0) is 29.0 Å². The summed E-state index contributed by atoms with van der Waals surface area (Å²) in [5.74, 6) is 1.25. The summed E-state index contributed by atoms with van der Waals surface area (Å²) in [4.78, 5) is 29.2. The summed E-state index contributed by atoms with van der Waals surface area (Å²) in [6.45, 7) is 6.65. The van der Waals surface area contributed by atoms with Crippen LogP contribution in [0.2, 0.25) is 0 Å². The minimum absolute atomic E-state index is 0.0235. The maximum atomic E-state index is 13.8. The fourth-order valence-electron chi connectivity index (χ4n) is 4.49. The van der Waals surface area contributed by atoms with Crippen LogP contribution >= 0.6 is 0 Å². The van der Waals surface area contributed by atoms with Crippen LogP contribution in [0.5, 0.6) is 11.5 Å². The number of aryl methyl sites for hydroxylation is 2. The van der Waals surface area contributed by atoms with Gasteiger partial charge in [-0.15, -0.1) is 0 Å². The number of nitrogens with one attached hydrogen (secondary N) is 1. The number of ether oxygens (including phenoxy) is 2. The Labute approximate surface area is 219 Å². The van der Waals surface area contributed by atoms with Crippen molar-refractivity contribution in [3.63, 3.8) is 0 Å². The van der Waals surface area contributed by atoms with Crippen LogP contribution in [0.1, 0.15) is 48.9 Å². The Balaban J connectivity index is 1.60. The van der Waals surface area contributed by atoms with E-state index in [1.165, 1.54) is 0 Å². The molecule has 1 aliphatic heterocycles. The van der Waals surface area contributed by atoms with E-state index in [4.69, 9.17) is 9.47 Å². The SMILES string of the molecule is CC[C@H](C)NC(=O)[C@@H](Cc1ccccc1)N(Cc1cccc(C)c1)C(=O)CCc1ccc2c(c1)OCO2. The average Bonchev–Trinajstić information content (AvgIpc) is 3.38. The molecule has 6 nitrogen and oxygen atoms in total. The number of hydrogen-bond acceptors (Lipinski definition) is 4. The Morgan fingerprint density at radius 1 is 0.919 bits per heavy atom. The first kappa shape index (κ1) is 26.3. The van der Waals surface area contributed by atoms with E-state index >= 15 is 0 Å². The van der Waals surface area contributed by atoms with E-state index in [9.17, 15) is 9.59 Å². The molecule has 0 radical (unpaired) electrons. The average molecular weight is 501 g/mol. The fraction of sp³-hybridized carbons (Fsp3) is 0.355. The molecule has 0 saturated heterocycles. The number of fused-ring (bicyclic) bond motifs is 1. The highest BCUT2D eigenvalue weighted by molar-refractivity contribution is 5.88. The molecule has 194 valence electrons. The van der Waals surface area contributed by atoms with Gasteiger partial charge in [0.25, 0.3) is 0 Å². The monoisotopic (exact) mass is 500 g/mol. The number of hydrogen-bond donors (Lipinski definition) is 1. The van der Waals surface area contributed by atoms with Gasteiger partial charge in [-0.05, 0) is 55.5 Å². The molecular formula is C31H36N2O4. The largest absolute Gasteiger partial charge is 0.454 e. The molecule has 0 fully saturated rings. The van der Waals surface area contributed by atoms with Gasteiger partial charge in [-0.3, -0.25) is 9.59 Å². The molecule has 1 heterocycles. The van der Waals surface area contributed by atoms with Crippen LogP contribution in [-0.4, -0.2) is 35.6 Å². The summed E-state index contributed by atoms with van der Waals surface area (Å²) < 4.78 is 10.9. The lowest BCUT2D eigenvalue weighted by molar-refractivity contribution is -0.141. The van der Waals surface area contributed by atoms with Crippen LogP contribution in [0.25, 0.3) is 0 Å². The van der Waals surface area contributed by atoms with Crippen molar-refractivity contribution >= 4 is 11.8 Å². The molecule has 3 aromatic rings. The van der Waals surface area contributed by atoms with Crippen LogP contribution in [0.3, 0.4) is 0 Å². The van der Waals surface area contributed by atoms with Crippen molar-refractivity contribution in [1.82, 2.24) is 10.2 Å². The van der Waals surface area contributed by atoms with E-state index in [0.717, 1.165) is 34.4 Å². The Hall–Kier alpha value is -3.80. The van der Waals surface area contributed by atoms with Crippen molar-refractivity contribution < 1.29 is 19.1 Å². The van der Waals surface area contributed by atoms with Crippen LogP contribution in [0, 0.1) is 6.92 Å². The minimum Gasteiger partial charge on any atom is -0.454 e. The molecule has 0 saturated carbocycles. The highest BCUT2D eigenvalue weighted by Gasteiger charge is 2.31. The zero-order valence-electron chi connectivity index (χ0n) is 21.9. The molecule has 4 rings (SSSR count). The predicted octanol–water partition coefficient (Wildman–Crippen LogP) is 5.21. The summed E-state index contributed by atoms with van der Waals surface area (Å²) >= 11 is 0. The molecule has 3 aromatic carbocycles. The first-order chi connectivity index (χ1) is 17.9. The summed E-state index contributed by atoms with van der Waals surface area (Å²) in [5.41, 5.74) is 4.14. The highest BCUT2D eigenvalue weighted by Crippen LogP contribution is 2.33. The molecule has 2 amide bonds. The number of rotatable bonds is 11. The fourth-order valence-corrected chi connectivity index (χ4v) is 4.49. The Morgan fingerprint density at radius 2 is 1.68 bits per heavy atom. The van der Waals surface area contributed by atoms with Gasteiger partial charge in [-0.2, -0.15) is 0 Å². The lowest BCUT2D eigenvalue weighted by atomic mass is 10.0. The minimum atomic E-state index is -0.624. The standard InChI is InChI=1S/C31H36N2O4/c1-4-23(3)32-31(35)27(18-24-10-6-5-7-11-24)33(20-26-12-8-9-22(2)17-26)30(34)16-14-25-13-15-28-29(19-25)37-21-36-28/h5-13,15,17,19,23,27H,4,14,16,18,20-21H2,1-3H3,(H,32,35)/t23-,27+/m0/s1. The zero-order chi connectivity index (χ0) is 26.2. The number of carbonyl (C=O) groups excluding carboxylic acids is 2. The van der Waals surface area contributed by atoms with Crippen LogP contribution < -0.4 is 14.8 Å². The van der Waals surface area contributed by atoms with E-state index in [1.54, 1.807) is 4.90 Å². The van der Waals surface area contributed by atoms with Crippen molar-refractivity contribution in [2.75, 3.05) is 6.79 Å². The number of amides is 2. The number of nitrogens with zero attached hydrogens (tertiary/aromatic N) is 1. The molecule has 2 atom stereocenters. The van der Waals surface area contributed by atoms with Gasteiger partial charge in [0.1, 0.15) is 6.04 Å². The lowest BCUT2D eigenvalue weighted by Crippen LogP contribution is -2.52. The molecule has 0 aliphatic carbocycles. The molecule has 6 heteroatoms. The second-order valence-corrected chi connectivity index (χ2v) is 9.72. The third kappa shape index (κ3) is 7.13. The van der Waals surface area contributed by atoms with Gasteiger partial charge in [-0.1, -0.05) is 73.2 Å². The number of benzene rings is 3. The van der Waals surface area contributed by atoms with Crippen molar-refractivity contribution in [2.45, 2.75) is 65.1 Å².